The second kappa shape index (κ2) is 8.45. The number of carbonyl (C=O) groups excluding carboxylic acids is 2. The number of nitrogens with zero attached hydrogens (tertiary/aromatic N) is 3. The number of aromatic amines is 1. The molecule has 2 atom stereocenters. The first-order chi connectivity index (χ1) is 13.3. The second-order valence-electron chi connectivity index (χ2n) is 7.75. The van der Waals surface area contributed by atoms with Crippen LogP contribution in [-0.2, 0) is 11.2 Å². The van der Waals surface area contributed by atoms with Crippen LogP contribution in [0.4, 0.5) is 10.6 Å². The summed E-state index contributed by atoms with van der Waals surface area (Å²) in [5.41, 5.74) is 1.72. The number of hydrogen-bond donors (Lipinski definition) is 3. The first-order valence-corrected chi connectivity index (χ1v) is 9.62. The zero-order valence-corrected chi connectivity index (χ0v) is 16.8. The monoisotopic (exact) mass is 388 g/mol. The molecule has 1 aliphatic carbocycles. The first-order valence-electron chi connectivity index (χ1n) is 9.62. The molecule has 0 saturated heterocycles. The fourth-order valence-electron chi connectivity index (χ4n) is 3.56. The standard InChI is InChI=1S/C19H28N6O3/c1-11(2)20-19(27)25(4)14-6-5-13(8-14)16-10-17(23-22-16)21-18(26)9-15-7-12(3)24-28-15/h7,10-11,13-14H,5-6,8-9H2,1-4H3,(H,20,27)(H2,21,22,23,26)/t13-,14-/m1/s1. The third-order valence-electron chi connectivity index (χ3n) is 5.00. The van der Waals surface area contributed by atoms with Crippen LogP contribution in [-0.4, -0.2) is 51.3 Å². The van der Waals surface area contributed by atoms with Crippen LogP contribution >= 0.6 is 0 Å². The van der Waals surface area contributed by atoms with E-state index in [4.69, 9.17) is 4.52 Å². The Hall–Kier alpha value is -2.84. The maximum atomic E-state index is 12.2. The molecule has 0 bridgehead atoms. The van der Waals surface area contributed by atoms with Gasteiger partial charge in [0.15, 0.2) is 5.82 Å². The highest BCUT2D eigenvalue weighted by Gasteiger charge is 2.32. The topological polar surface area (TPSA) is 116 Å². The van der Waals surface area contributed by atoms with Crippen molar-refractivity contribution in [2.75, 3.05) is 12.4 Å². The lowest BCUT2D eigenvalue weighted by atomic mass is 10.0. The number of aromatic nitrogens is 3. The lowest BCUT2D eigenvalue weighted by molar-refractivity contribution is -0.115. The Kier molecular flexibility index (Phi) is 6.01. The molecule has 0 aromatic carbocycles. The maximum Gasteiger partial charge on any atom is 0.317 e. The van der Waals surface area contributed by atoms with Gasteiger partial charge in [0.2, 0.25) is 5.91 Å². The molecule has 3 N–H and O–H groups in total. The molecular weight excluding hydrogens is 360 g/mol. The SMILES string of the molecule is Cc1cc(CC(=O)Nc2cc([C@@H]3CC[C@@H](N(C)C(=O)NC(C)C)C3)[nH]n2)on1. The van der Waals surface area contributed by atoms with Gasteiger partial charge in [0.25, 0.3) is 0 Å². The maximum absolute atomic E-state index is 12.2. The molecule has 3 amide bonds. The van der Waals surface area contributed by atoms with E-state index < -0.39 is 0 Å². The Labute approximate surface area is 164 Å². The van der Waals surface area contributed by atoms with E-state index in [-0.39, 0.29) is 36.4 Å². The van der Waals surface area contributed by atoms with Gasteiger partial charge in [-0.15, -0.1) is 0 Å². The minimum atomic E-state index is -0.205. The Morgan fingerprint density at radius 2 is 2.14 bits per heavy atom. The van der Waals surface area contributed by atoms with Crippen molar-refractivity contribution in [3.05, 3.63) is 29.3 Å². The summed E-state index contributed by atoms with van der Waals surface area (Å²) in [6, 6.07) is 3.87. The van der Waals surface area contributed by atoms with Crippen molar-refractivity contribution in [3.63, 3.8) is 0 Å². The van der Waals surface area contributed by atoms with Crippen LogP contribution in [0.2, 0.25) is 0 Å². The van der Waals surface area contributed by atoms with E-state index in [9.17, 15) is 9.59 Å². The van der Waals surface area contributed by atoms with Gasteiger partial charge in [-0.3, -0.25) is 9.89 Å². The van der Waals surface area contributed by atoms with Crippen LogP contribution in [0, 0.1) is 6.92 Å². The molecule has 28 heavy (non-hydrogen) atoms. The summed E-state index contributed by atoms with van der Waals surface area (Å²) >= 11 is 0. The van der Waals surface area contributed by atoms with Crippen molar-refractivity contribution < 1.29 is 14.1 Å². The third kappa shape index (κ3) is 4.90. The Balaban J connectivity index is 1.52. The minimum absolute atomic E-state index is 0.0409. The smallest absolute Gasteiger partial charge is 0.317 e. The molecule has 9 nitrogen and oxygen atoms in total. The van der Waals surface area contributed by atoms with Crippen molar-refractivity contribution in [3.8, 4) is 0 Å². The third-order valence-corrected chi connectivity index (χ3v) is 5.00. The molecule has 0 aliphatic heterocycles. The van der Waals surface area contributed by atoms with Gasteiger partial charge in [-0.05, 0) is 40.0 Å². The number of aryl methyl sites for hydroxylation is 1. The van der Waals surface area contributed by atoms with Gasteiger partial charge in [0.1, 0.15) is 5.76 Å². The lowest BCUT2D eigenvalue weighted by Crippen LogP contribution is -2.45. The fraction of sp³-hybridized carbons (Fsp3) is 0.579. The first kappa shape index (κ1) is 19.9. The normalized spacial score (nSPS) is 19.0. The Morgan fingerprint density at radius 1 is 1.36 bits per heavy atom. The van der Waals surface area contributed by atoms with E-state index in [1.54, 1.807) is 11.0 Å². The number of rotatable bonds is 6. The molecule has 0 spiro atoms. The summed E-state index contributed by atoms with van der Waals surface area (Å²) < 4.78 is 5.06. The summed E-state index contributed by atoms with van der Waals surface area (Å²) in [7, 11) is 1.84. The molecule has 1 fully saturated rings. The highest BCUT2D eigenvalue weighted by molar-refractivity contribution is 5.91. The Morgan fingerprint density at radius 3 is 2.82 bits per heavy atom. The van der Waals surface area contributed by atoms with Gasteiger partial charge >= 0.3 is 6.03 Å². The van der Waals surface area contributed by atoms with E-state index in [2.05, 4.69) is 26.0 Å². The number of anilines is 1. The zero-order valence-electron chi connectivity index (χ0n) is 16.8. The van der Waals surface area contributed by atoms with Crippen molar-refractivity contribution in [2.45, 2.75) is 64.5 Å². The summed E-state index contributed by atoms with van der Waals surface area (Å²) in [4.78, 5) is 26.1. The quantitative estimate of drug-likeness (QED) is 0.703. The van der Waals surface area contributed by atoms with Crippen molar-refractivity contribution in [1.82, 2.24) is 25.6 Å². The van der Waals surface area contributed by atoms with Crippen molar-refractivity contribution >= 4 is 17.8 Å². The van der Waals surface area contributed by atoms with Crippen molar-refractivity contribution in [1.29, 1.82) is 0 Å². The molecule has 3 rings (SSSR count). The zero-order chi connectivity index (χ0) is 20.3. The largest absolute Gasteiger partial charge is 0.361 e. The Bertz CT molecular complexity index is 827. The summed E-state index contributed by atoms with van der Waals surface area (Å²) in [6.07, 6.45) is 2.90. The van der Waals surface area contributed by atoms with E-state index in [0.29, 0.717) is 11.6 Å². The molecule has 0 radical (unpaired) electrons. The number of hydrogen-bond acceptors (Lipinski definition) is 5. The fourth-order valence-corrected chi connectivity index (χ4v) is 3.56. The number of carbonyl (C=O) groups is 2. The average Bonchev–Trinajstić information content (AvgIpc) is 3.34. The van der Waals surface area contributed by atoms with Crippen LogP contribution in [0.3, 0.4) is 0 Å². The lowest BCUT2D eigenvalue weighted by Gasteiger charge is -2.26. The van der Waals surface area contributed by atoms with Crippen LogP contribution in [0.15, 0.2) is 16.7 Å². The van der Waals surface area contributed by atoms with Crippen molar-refractivity contribution in [2.24, 2.45) is 0 Å². The van der Waals surface area contributed by atoms with Gasteiger partial charge in [-0.1, -0.05) is 5.16 Å². The molecule has 1 saturated carbocycles. The van der Waals surface area contributed by atoms with E-state index >= 15 is 0 Å². The second-order valence-corrected chi connectivity index (χ2v) is 7.75. The number of amides is 3. The van der Waals surface area contributed by atoms with Gasteiger partial charge in [0.05, 0.1) is 12.1 Å². The van der Waals surface area contributed by atoms with Crippen LogP contribution < -0.4 is 10.6 Å². The van der Waals surface area contributed by atoms with E-state index in [0.717, 1.165) is 30.7 Å². The number of H-pyrrole nitrogens is 1. The highest BCUT2D eigenvalue weighted by Crippen LogP contribution is 2.36. The number of nitrogens with one attached hydrogen (secondary N) is 3. The number of urea groups is 1. The van der Waals surface area contributed by atoms with Gasteiger partial charge in [-0.2, -0.15) is 5.10 Å². The van der Waals surface area contributed by atoms with Crippen LogP contribution in [0.25, 0.3) is 0 Å². The minimum Gasteiger partial charge on any atom is -0.361 e. The van der Waals surface area contributed by atoms with Crippen LogP contribution in [0.5, 0.6) is 0 Å². The molecular formula is C19H28N6O3. The summed E-state index contributed by atoms with van der Waals surface area (Å²) in [5.74, 6) is 1.09. The predicted octanol–water partition coefficient (Wildman–Crippen LogP) is 2.57. The highest BCUT2D eigenvalue weighted by atomic mass is 16.5. The van der Waals surface area contributed by atoms with Gasteiger partial charge in [-0.25, -0.2) is 4.79 Å². The van der Waals surface area contributed by atoms with Crippen LogP contribution in [0.1, 0.15) is 56.2 Å². The molecule has 9 heteroatoms. The van der Waals surface area contributed by atoms with Gasteiger partial charge in [0, 0.05) is 42.9 Å². The average molecular weight is 388 g/mol. The molecule has 1 aliphatic rings. The molecule has 152 valence electrons. The predicted molar refractivity (Wildman–Crippen MR) is 104 cm³/mol. The van der Waals surface area contributed by atoms with Gasteiger partial charge < -0.3 is 20.1 Å². The molecule has 2 aromatic heterocycles. The molecule has 0 unspecified atom stereocenters. The summed E-state index contributed by atoms with van der Waals surface area (Å²) in [6.45, 7) is 5.71. The molecule has 2 heterocycles. The van der Waals surface area contributed by atoms with E-state index in [1.165, 1.54) is 0 Å². The summed E-state index contributed by atoms with van der Waals surface area (Å²) in [5, 5.41) is 16.7. The van der Waals surface area contributed by atoms with E-state index in [1.807, 2.05) is 33.9 Å². The molecule has 2 aromatic rings.